The molecule has 0 radical (unpaired) electrons. The lowest BCUT2D eigenvalue weighted by molar-refractivity contribution is 0.0710. The summed E-state index contributed by atoms with van der Waals surface area (Å²) in [6.45, 7) is 5.07. The second kappa shape index (κ2) is 9.50. The Hall–Kier alpha value is -0.420. The van der Waals surface area contributed by atoms with Crippen LogP contribution in [0.15, 0.2) is 28.7 Å². The maximum atomic E-state index is 5.43. The van der Waals surface area contributed by atoms with Gasteiger partial charge in [0, 0.05) is 24.2 Å². The fourth-order valence-electron chi connectivity index (χ4n) is 1.77. The van der Waals surface area contributed by atoms with E-state index >= 15 is 0 Å². The number of rotatable bonds is 9. The SMILES string of the molecule is CCC(NCCOCCOC)c1cccc(Br)c1. The van der Waals surface area contributed by atoms with Gasteiger partial charge in [0.05, 0.1) is 19.8 Å². The summed E-state index contributed by atoms with van der Waals surface area (Å²) in [6.07, 6.45) is 1.06. The van der Waals surface area contributed by atoms with Crippen molar-refractivity contribution in [1.29, 1.82) is 0 Å². The molecule has 1 aromatic carbocycles. The van der Waals surface area contributed by atoms with Crippen LogP contribution in [0.4, 0.5) is 0 Å². The Morgan fingerprint density at radius 2 is 2.11 bits per heavy atom. The normalized spacial score (nSPS) is 12.6. The molecule has 1 N–H and O–H groups in total. The molecule has 0 aliphatic carbocycles. The highest BCUT2D eigenvalue weighted by Gasteiger charge is 2.08. The van der Waals surface area contributed by atoms with Crippen molar-refractivity contribution in [2.45, 2.75) is 19.4 Å². The van der Waals surface area contributed by atoms with Crippen molar-refractivity contribution in [2.75, 3.05) is 33.5 Å². The summed E-state index contributed by atoms with van der Waals surface area (Å²) >= 11 is 3.50. The highest BCUT2D eigenvalue weighted by atomic mass is 79.9. The fourth-order valence-corrected chi connectivity index (χ4v) is 2.19. The van der Waals surface area contributed by atoms with E-state index in [0.717, 1.165) is 17.4 Å². The summed E-state index contributed by atoms with van der Waals surface area (Å²) in [5.41, 5.74) is 1.31. The lowest BCUT2D eigenvalue weighted by atomic mass is 10.1. The molecule has 0 amide bonds. The van der Waals surface area contributed by atoms with Crippen LogP contribution >= 0.6 is 15.9 Å². The van der Waals surface area contributed by atoms with E-state index in [1.807, 2.05) is 6.07 Å². The molecule has 0 fully saturated rings. The summed E-state index contributed by atoms with van der Waals surface area (Å²) in [7, 11) is 1.68. The molecule has 0 aliphatic heterocycles. The standard InChI is InChI=1S/C14H22BrNO2/c1-3-14(12-5-4-6-13(15)11-12)16-7-8-18-10-9-17-2/h4-6,11,14,16H,3,7-10H2,1-2H3. The molecule has 4 heteroatoms. The van der Waals surface area contributed by atoms with Crippen LogP contribution in [0.25, 0.3) is 0 Å². The lowest BCUT2D eigenvalue weighted by Gasteiger charge is -2.17. The van der Waals surface area contributed by atoms with E-state index in [4.69, 9.17) is 9.47 Å². The zero-order valence-electron chi connectivity index (χ0n) is 11.1. The van der Waals surface area contributed by atoms with Gasteiger partial charge < -0.3 is 14.8 Å². The minimum atomic E-state index is 0.383. The maximum absolute atomic E-state index is 5.43. The molecule has 1 atom stereocenters. The topological polar surface area (TPSA) is 30.5 Å². The van der Waals surface area contributed by atoms with Gasteiger partial charge in [0.15, 0.2) is 0 Å². The van der Waals surface area contributed by atoms with Gasteiger partial charge in [-0.1, -0.05) is 35.0 Å². The van der Waals surface area contributed by atoms with E-state index in [0.29, 0.717) is 25.9 Å². The number of methoxy groups -OCH3 is 1. The predicted octanol–water partition coefficient (Wildman–Crippen LogP) is 3.15. The Morgan fingerprint density at radius 3 is 2.78 bits per heavy atom. The third-order valence-electron chi connectivity index (χ3n) is 2.73. The Kier molecular flexibility index (Phi) is 8.25. The Morgan fingerprint density at radius 1 is 1.28 bits per heavy atom. The molecule has 1 rings (SSSR count). The molecule has 0 aromatic heterocycles. The van der Waals surface area contributed by atoms with Gasteiger partial charge in [0.1, 0.15) is 0 Å². The van der Waals surface area contributed by atoms with E-state index in [1.54, 1.807) is 7.11 Å². The highest BCUT2D eigenvalue weighted by Crippen LogP contribution is 2.20. The zero-order chi connectivity index (χ0) is 13.2. The van der Waals surface area contributed by atoms with Crippen LogP contribution in [0.1, 0.15) is 24.9 Å². The number of ether oxygens (including phenoxy) is 2. The van der Waals surface area contributed by atoms with E-state index in [1.165, 1.54) is 5.56 Å². The lowest BCUT2D eigenvalue weighted by Crippen LogP contribution is -2.25. The first-order valence-electron chi connectivity index (χ1n) is 6.33. The molecule has 0 saturated heterocycles. The molecule has 18 heavy (non-hydrogen) atoms. The van der Waals surface area contributed by atoms with Crippen molar-refractivity contribution in [3.05, 3.63) is 34.3 Å². The van der Waals surface area contributed by atoms with E-state index in [2.05, 4.69) is 46.4 Å². The Bertz CT molecular complexity index is 333. The molecule has 0 aliphatic rings. The average molecular weight is 316 g/mol. The van der Waals surface area contributed by atoms with E-state index in [9.17, 15) is 0 Å². The minimum Gasteiger partial charge on any atom is -0.382 e. The molecule has 1 aromatic rings. The van der Waals surface area contributed by atoms with Gasteiger partial charge >= 0.3 is 0 Å². The average Bonchev–Trinajstić information content (AvgIpc) is 2.38. The summed E-state index contributed by atoms with van der Waals surface area (Å²) < 4.78 is 11.5. The molecular weight excluding hydrogens is 294 g/mol. The van der Waals surface area contributed by atoms with E-state index in [-0.39, 0.29) is 0 Å². The smallest absolute Gasteiger partial charge is 0.0700 e. The fraction of sp³-hybridized carbons (Fsp3) is 0.571. The molecule has 0 saturated carbocycles. The van der Waals surface area contributed by atoms with Gasteiger partial charge in [-0.25, -0.2) is 0 Å². The summed E-state index contributed by atoms with van der Waals surface area (Å²) in [5, 5.41) is 3.50. The van der Waals surface area contributed by atoms with Crippen molar-refractivity contribution in [2.24, 2.45) is 0 Å². The van der Waals surface area contributed by atoms with Gasteiger partial charge in [-0.05, 0) is 24.1 Å². The summed E-state index contributed by atoms with van der Waals surface area (Å²) in [5.74, 6) is 0. The third-order valence-corrected chi connectivity index (χ3v) is 3.22. The first kappa shape index (κ1) is 15.6. The predicted molar refractivity (Wildman–Crippen MR) is 77.9 cm³/mol. The molecular formula is C14H22BrNO2. The highest BCUT2D eigenvalue weighted by molar-refractivity contribution is 9.10. The Labute approximate surface area is 118 Å². The van der Waals surface area contributed by atoms with Crippen molar-refractivity contribution < 1.29 is 9.47 Å². The number of hydrogen-bond donors (Lipinski definition) is 1. The molecule has 0 spiro atoms. The molecule has 1 unspecified atom stereocenters. The Balaban J connectivity index is 2.29. The zero-order valence-corrected chi connectivity index (χ0v) is 12.7. The van der Waals surface area contributed by atoms with Crippen LogP contribution in [-0.4, -0.2) is 33.5 Å². The van der Waals surface area contributed by atoms with Gasteiger partial charge in [0.25, 0.3) is 0 Å². The van der Waals surface area contributed by atoms with Gasteiger partial charge in [0.2, 0.25) is 0 Å². The monoisotopic (exact) mass is 315 g/mol. The number of nitrogens with one attached hydrogen (secondary N) is 1. The van der Waals surface area contributed by atoms with E-state index < -0.39 is 0 Å². The molecule has 102 valence electrons. The summed E-state index contributed by atoms with van der Waals surface area (Å²) in [4.78, 5) is 0. The molecule has 0 heterocycles. The van der Waals surface area contributed by atoms with Gasteiger partial charge in [-0.2, -0.15) is 0 Å². The molecule has 3 nitrogen and oxygen atoms in total. The van der Waals surface area contributed by atoms with Crippen LogP contribution in [0, 0.1) is 0 Å². The molecule has 0 bridgehead atoms. The minimum absolute atomic E-state index is 0.383. The number of halogens is 1. The van der Waals surface area contributed by atoms with Crippen LogP contribution < -0.4 is 5.32 Å². The third kappa shape index (κ3) is 5.96. The first-order chi connectivity index (χ1) is 8.77. The first-order valence-corrected chi connectivity index (χ1v) is 7.12. The van der Waals surface area contributed by atoms with Gasteiger partial charge in [-0.15, -0.1) is 0 Å². The second-order valence-corrected chi connectivity index (χ2v) is 4.99. The quantitative estimate of drug-likeness (QED) is 0.710. The van der Waals surface area contributed by atoms with Crippen molar-refractivity contribution in [1.82, 2.24) is 5.32 Å². The van der Waals surface area contributed by atoms with Crippen LogP contribution in [-0.2, 0) is 9.47 Å². The second-order valence-electron chi connectivity index (χ2n) is 4.08. The van der Waals surface area contributed by atoms with Crippen LogP contribution in [0.5, 0.6) is 0 Å². The number of benzene rings is 1. The van der Waals surface area contributed by atoms with Crippen molar-refractivity contribution >= 4 is 15.9 Å². The van der Waals surface area contributed by atoms with Crippen LogP contribution in [0.3, 0.4) is 0 Å². The van der Waals surface area contributed by atoms with Crippen molar-refractivity contribution in [3.8, 4) is 0 Å². The number of hydrogen-bond acceptors (Lipinski definition) is 3. The van der Waals surface area contributed by atoms with Gasteiger partial charge in [-0.3, -0.25) is 0 Å². The van der Waals surface area contributed by atoms with Crippen LogP contribution in [0.2, 0.25) is 0 Å². The summed E-state index contributed by atoms with van der Waals surface area (Å²) in [6, 6.07) is 8.81. The maximum Gasteiger partial charge on any atom is 0.0700 e. The van der Waals surface area contributed by atoms with Crippen molar-refractivity contribution in [3.63, 3.8) is 0 Å². The largest absolute Gasteiger partial charge is 0.382 e.